The van der Waals surface area contributed by atoms with Crippen molar-refractivity contribution in [2.75, 3.05) is 39.1 Å². The Morgan fingerprint density at radius 1 is 1.41 bits per heavy atom. The molecule has 2 unspecified atom stereocenters. The Morgan fingerprint density at radius 2 is 2.05 bits per heavy atom. The number of halogens is 1. The van der Waals surface area contributed by atoms with Gasteiger partial charge in [-0.05, 0) is 18.3 Å². The fraction of sp³-hybridized carbons (Fsp3) is 0.733. The number of anilines is 1. The number of thiazole rings is 1. The van der Waals surface area contributed by atoms with Crippen LogP contribution in [0.15, 0.2) is 10.4 Å². The van der Waals surface area contributed by atoms with E-state index in [1.54, 1.807) is 11.3 Å². The van der Waals surface area contributed by atoms with E-state index >= 15 is 0 Å². The molecule has 22 heavy (non-hydrogen) atoms. The Hall–Kier alpha value is -0.570. The van der Waals surface area contributed by atoms with Gasteiger partial charge in [0.05, 0.1) is 12.2 Å². The predicted molar refractivity (Wildman–Crippen MR) is 107 cm³/mol. The molecular formula is C15H28IN5S. The van der Waals surface area contributed by atoms with Crippen LogP contribution in [0, 0.1) is 11.8 Å². The van der Waals surface area contributed by atoms with Crippen LogP contribution in [0.2, 0.25) is 0 Å². The largest absolute Gasteiger partial charge is 0.354 e. The summed E-state index contributed by atoms with van der Waals surface area (Å²) in [5.41, 5.74) is 1.07. The van der Waals surface area contributed by atoms with Gasteiger partial charge >= 0.3 is 0 Å². The fourth-order valence-corrected chi connectivity index (χ4v) is 3.68. The molecule has 1 aliphatic rings. The molecule has 0 spiro atoms. The molecule has 0 aliphatic carbocycles. The summed E-state index contributed by atoms with van der Waals surface area (Å²) in [6.07, 6.45) is 1.31. The first-order valence-corrected chi connectivity index (χ1v) is 8.45. The van der Waals surface area contributed by atoms with E-state index < -0.39 is 0 Å². The van der Waals surface area contributed by atoms with Gasteiger partial charge in [0.25, 0.3) is 0 Å². The van der Waals surface area contributed by atoms with E-state index in [0.29, 0.717) is 0 Å². The first-order valence-electron chi connectivity index (χ1n) is 7.57. The van der Waals surface area contributed by atoms with E-state index in [-0.39, 0.29) is 24.0 Å². The predicted octanol–water partition coefficient (Wildman–Crippen LogP) is 2.88. The summed E-state index contributed by atoms with van der Waals surface area (Å²) in [4.78, 5) is 13.4. The number of piperidine rings is 1. The molecule has 1 N–H and O–H groups in total. The van der Waals surface area contributed by atoms with E-state index in [0.717, 1.165) is 48.3 Å². The van der Waals surface area contributed by atoms with E-state index in [1.165, 1.54) is 6.42 Å². The van der Waals surface area contributed by atoms with Crippen LogP contribution in [-0.4, -0.2) is 50.1 Å². The number of rotatable bonds is 3. The highest BCUT2D eigenvalue weighted by Gasteiger charge is 2.23. The van der Waals surface area contributed by atoms with Gasteiger partial charge < -0.3 is 15.1 Å². The van der Waals surface area contributed by atoms with Crippen LogP contribution < -0.4 is 10.2 Å². The minimum atomic E-state index is 0. The lowest BCUT2D eigenvalue weighted by Crippen LogP contribution is -2.48. The van der Waals surface area contributed by atoms with Crippen LogP contribution in [0.1, 0.15) is 26.0 Å². The highest BCUT2D eigenvalue weighted by molar-refractivity contribution is 14.0. The number of nitrogens with zero attached hydrogens (tertiary/aromatic N) is 4. The number of hydrogen-bond acceptors (Lipinski definition) is 4. The number of guanidine groups is 1. The van der Waals surface area contributed by atoms with Crippen LogP contribution >= 0.6 is 35.3 Å². The van der Waals surface area contributed by atoms with Gasteiger partial charge in [-0.3, -0.25) is 4.99 Å². The summed E-state index contributed by atoms with van der Waals surface area (Å²) in [6, 6.07) is 0. The molecule has 7 heteroatoms. The van der Waals surface area contributed by atoms with Gasteiger partial charge in [0, 0.05) is 39.6 Å². The third kappa shape index (κ3) is 5.26. The molecule has 0 bridgehead atoms. The Balaban J connectivity index is 0.00000242. The smallest absolute Gasteiger partial charge is 0.193 e. The molecule has 1 saturated heterocycles. The Kier molecular flexibility index (Phi) is 7.88. The molecule has 0 saturated carbocycles. The van der Waals surface area contributed by atoms with Gasteiger partial charge in [-0.2, -0.15) is 0 Å². The van der Waals surface area contributed by atoms with E-state index in [4.69, 9.17) is 0 Å². The van der Waals surface area contributed by atoms with Crippen LogP contribution in [0.3, 0.4) is 0 Å². The molecule has 0 radical (unpaired) electrons. The molecule has 0 aromatic carbocycles. The lowest BCUT2D eigenvalue weighted by atomic mass is 9.92. The van der Waals surface area contributed by atoms with E-state index in [2.05, 4.69) is 39.4 Å². The van der Waals surface area contributed by atoms with Crippen molar-refractivity contribution in [3.63, 3.8) is 0 Å². The average Bonchev–Trinajstić information content (AvgIpc) is 2.87. The normalized spacial score (nSPS) is 22.2. The first-order chi connectivity index (χ1) is 9.99. The number of aromatic nitrogens is 1. The summed E-state index contributed by atoms with van der Waals surface area (Å²) >= 11 is 1.67. The maximum absolute atomic E-state index is 4.60. The summed E-state index contributed by atoms with van der Waals surface area (Å²) in [6.45, 7) is 7.55. The highest BCUT2D eigenvalue weighted by Crippen LogP contribution is 2.21. The second kappa shape index (κ2) is 8.90. The maximum atomic E-state index is 4.60. The third-order valence-corrected chi connectivity index (χ3v) is 4.79. The van der Waals surface area contributed by atoms with Crippen LogP contribution in [-0.2, 0) is 6.54 Å². The monoisotopic (exact) mass is 437 g/mol. The van der Waals surface area contributed by atoms with Crippen LogP contribution in [0.25, 0.3) is 0 Å². The molecular weight excluding hydrogens is 409 g/mol. The summed E-state index contributed by atoms with van der Waals surface area (Å²) in [5.74, 6) is 2.45. The molecule has 0 amide bonds. The summed E-state index contributed by atoms with van der Waals surface area (Å²) in [5, 5.41) is 6.60. The fourth-order valence-electron chi connectivity index (χ4n) is 2.92. The van der Waals surface area contributed by atoms with Crippen molar-refractivity contribution in [1.29, 1.82) is 0 Å². The number of nitrogens with one attached hydrogen (secondary N) is 1. The molecule has 2 rings (SSSR count). The summed E-state index contributed by atoms with van der Waals surface area (Å²) < 4.78 is 0. The van der Waals surface area contributed by atoms with E-state index in [9.17, 15) is 0 Å². The number of likely N-dealkylation sites (tertiary alicyclic amines) is 1. The Bertz CT molecular complexity index is 478. The molecule has 2 atom stereocenters. The SMILES string of the molecule is CN=C(NCc1csc(N(C)C)n1)N1CC(C)CC(C)C1.I. The van der Waals surface area contributed by atoms with Crippen LogP contribution in [0.4, 0.5) is 5.13 Å². The molecule has 2 heterocycles. The van der Waals surface area contributed by atoms with Crippen molar-refractivity contribution in [3.05, 3.63) is 11.1 Å². The first kappa shape index (κ1) is 19.5. The maximum Gasteiger partial charge on any atom is 0.193 e. The van der Waals surface area contributed by atoms with Crippen molar-refractivity contribution in [2.24, 2.45) is 16.8 Å². The zero-order valence-corrected chi connectivity index (χ0v) is 17.3. The molecule has 1 fully saturated rings. The van der Waals surface area contributed by atoms with Gasteiger partial charge in [-0.25, -0.2) is 4.98 Å². The lowest BCUT2D eigenvalue weighted by Gasteiger charge is -2.37. The van der Waals surface area contributed by atoms with Gasteiger partial charge in [0.15, 0.2) is 11.1 Å². The zero-order chi connectivity index (χ0) is 15.4. The Morgan fingerprint density at radius 3 is 2.55 bits per heavy atom. The average molecular weight is 437 g/mol. The van der Waals surface area contributed by atoms with Gasteiger partial charge in [0.2, 0.25) is 0 Å². The van der Waals surface area contributed by atoms with E-state index in [1.807, 2.05) is 26.0 Å². The van der Waals surface area contributed by atoms with Gasteiger partial charge in [-0.1, -0.05) is 13.8 Å². The topological polar surface area (TPSA) is 43.8 Å². The second-order valence-electron chi connectivity index (χ2n) is 6.27. The standard InChI is InChI=1S/C15H27N5S.HI/c1-11-6-12(2)9-20(8-11)14(16-3)17-7-13-10-21-15(18-13)19(4)5;/h10-12H,6-9H2,1-5H3,(H,16,17);1H. The molecule has 1 aromatic heterocycles. The number of aliphatic imine (C=N–C) groups is 1. The van der Waals surface area contributed by atoms with Gasteiger partial charge in [0.1, 0.15) is 0 Å². The van der Waals surface area contributed by atoms with Crippen molar-refractivity contribution in [2.45, 2.75) is 26.8 Å². The van der Waals surface area contributed by atoms with Crippen LogP contribution in [0.5, 0.6) is 0 Å². The van der Waals surface area contributed by atoms with Crippen molar-refractivity contribution >= 4 is 46.4 Å². The third-order valence-electron chi connectivity index (χ3n) is 3.73. The van der Waals surface area contributed by atoms with Gasteiger partial charge in [-0.15, -0.1) is 35.3 Å². The highest BCUT2D eigenvalue weighted by atomic mass is 127. The van der Waals surface area contributed by atoms with Crippen molar-refractivity contribution < 1.29 is 0 Å². The summed E-state index contributed by atoms with van der Waals surface area (Å²) in [7, 11) is 5.90. The molecule has 5 nitrogen and oxygen atoms in total. The molecule has 1 aliphatic heterocycles. The number of hydrogen-bond donors (Lipinski definition) is 1. The minimum Gasteiger partial charge on any atom is -0.354 e. The molecule has 126 valence electrons. The van der Waals surface area contributed by atoms with Crippen molar-refractivity contribution in [3.8, 4) is 0 Å². The quantitative estimate of drug-likeness (QED) is 0.449. The van der Waals surface area contributed by atoms with Crippen molar-refractivity contribution in [1.82, 2.24) is 15.2 Å². The Labute approximate surface area is 155 Å². The lowest BCUT2D eigenvalue weighted by molar-refractivity contribution is 0.208. The molecule has 1 aromatic rings. The second-order valence-corrected chi connectivity index (χ2v) is 7.10. The zero-order valence-electron chi connectivity index (χ0n) is 14.2. The minimum absolute atomic E-state index is 0.